The van der Waals surface area contributed by atoms with Crippen LogP contribution in [-0.4, -0.2) is 55.1 Å². The van der Waals surface area contributed by atoms with Gasteiger partial charge in [-0.25, -0.2) is 0 Å². The summed E-state index contributed by atoms with van der Waals surface area (Å²) in [4.78, 5) is 5.18. The maximum absolute atomic E-state index is 5.66. The van der Waals surface area contributed by atoms with E-state index in [0.717, 1.165) is 19.0 Å². The molecule has 1 saturated carbocycles. The smallest absolute Gasteiger partial charge is 0.0232 e. The molecule has 2 rings (SSSR count). The van der Waals surface area contributed by atoms with Crippen LogP contribution < -0.4 is 5.73 Å². The van der Waals surface area contributed by atoms with E-state index >= 15 is 0 Å². The van der Waals surface area contributed by atoms with Gasteiger partial charge < -0.3 is 10.6 Å². The summed E-state index contributed by atoms with van der Waals surface area (Å²) < 4.78 is 0. The molecule has 0 bridgehead atoms. The van der Waals surface area contributed by atoms with Gasteiger partial charge in [0.25, 0.3) is 0 Å². The molecule has 2 aliphatic rings. The van der Waals surface area contributed by atoms with Gasteiger partial charge in [0.05, 0.1) is 0 Å². The zero-order valence-corrected chi connectivity index (χ0v) is 9.28. The summed E-state index contributed by atoms with van der Waals surface area (Å²) in [6.45, 7) is 4.62. The van der Waals surface area contributed by atoms with Gasteiger partial charge in [0.1, 0.15) is 0 Å². The van der Waals surface area contributed by atoms with Crippen molar-refractivity contribution >= 4 is 0 Å². The van der Waals surface area contributed by atoms with Crippen LogP contribution in [0.1, 0.15) is 25.7 Å². The van der Waals surface area contributed by atoms with Crippen LogP contribution in [0.4, 0.5) is 0 Å². The fourth-order valence-corrected chi connectivity index (χ4v) is 2.48. The van der Waals surface area contributed by atoms with Crippen molar-refractivity contribution in [3.63, 3.8) is 0 Å². The van der Waals surface area contributed by atoms with Gasteiger partial charge in [0, 0.05) is 18.6 Å². The van der Waals surface area contributed by atoms with Crippen LogP contribution in [0.5, 0.6) is 0 Å². The summed E-state index contributed by atoms with van der Waals surface area (Å²) >= 11 is 0. The molecule has 1 atom stereocenters. The molecule has 1 heterocycles. The Labute approximate surface area is 87.2 Å². The third kappa shape index (κ3) is 2.47. The van der Waals surface area contributed by atoms with Crippen molar-refractivity contribution in [2.24, 2.45) is 5.73 Å². The first kappa shape index (κ1) is 10.4. The summed E-state index contributed by atoms with van der Waals surface area (Å²) in [5, 5.41) is 0. The topological polar surface area (TPSA) is 32.5 Å². The molecule has 1 aliphatic carbocycles. The van der Waals surface area contributed by atoms with Gasteiger partial charge in [-0.15, -0.1) is 0 Å². The quantitative estimate of drug-likeness (QED) is 0.715. The third-order valence-electron chi connectivity index (χ3n) is 3.59. The zero-order valence-electron chi connectivity index (χ0n) is 9.28. The molecular weight excluding hydrogens is 174 g/mol. The lowest BCUT2D eigenvalue weighted by Gasteiger charge is -2.28. The van der Waals surface area contributed by atoms with Crippen molar-refractivity contribution in [3.8, 4) is 0 Å². The van der Waals surface area contributed by atoms with E-state index in [2.05, 4.69) is 16.8 Å². The fraction of sp³-hybridized carbons (Fsp3) is 1.00. The monoisotopic (exact) mass is 197 g/mol. The Morgan fingerprint density at radius 1 is 1.29 bits per heavy atom. The Morgan fingerprint density at radius 3 is 2.71 bits per heavy atom. The molecule has 1 unspecified atom stereocenters. The molecule has 3 heteroatoms. The van der Waals surface area contributed by atoms with Gasteiger partial charge in [-0.1, -0.05) is 0 Å². The van der Waals surface area contributed by atoms with Crippen LogP contribution in [0.25, 0.3) is 0 Å². The van der Waals surface area contributed by atoms with Crippen LogP contribution in [-0.2, 0) is 0 Å². The van der Waals surface area contributed by atoms with Crippen molar-refractivity contribution in [1.29, 1.82) is 0 Å². The Bertz CT molecular complexity index is 179. The van der Waals surface area contributed by atoms with Crippen molar-refractivity contribution in [2.75, 3.05) is 33.2 Å². The van der Waals surface area contributed by atoms with Gasteiger partial charge in [0.2, 0.25) is 0 Å². The van der Waals surface area contributed by atoms with Gasteiger partial charge >= 0.3 is 0 Å². The number of nitrogens with zero attached hydrogens (tertiary/aromatic N) is 2. The van der Waals surface area contributed by atoms with Crippen LogP contribution in [0.2, 0.25) is 0 Å². The molecule has 2 N–H and O–H groups in total. The summed E-state index contributed by atoms with van der Waals surface area (Å²) in [6.07, 6.45) is 5.34. The first-order chi connectivity index (χ1) is 6.81. The Morgan fingerprint density at radius 2 is 2.07 bits per heavy atom. The standard InChI is InChI=1S/C11H23N3/c1-13-7-2-8-14(10-3-4-10)9-11(13)5-6-12/h10-11H,2-9,12H2,1H3. The molecule has 82 valence electrons. The van der Waals surface area contributed by atoms with Gasteiger partial charge in [-0.2, -0.15) is 0 Å². The number of hydrogen-bond donors (Lipinski definition) is 1. The maximum atomic E-state index is 5.66. The minimum atomic E-state index is 0.697. The van der Waals surface area contributed by atoms with E-state index in [1.807, 2.05) is 0 Å². The molecule has 14 heavy (non-hydrogen) atoms. The van der Waals surface area contributed by atoms with E-state index in [9.17, 15) is 0 Å². The normalized spacial score (nSPS) is 31.7. The maximum Gasteiger partial charge on any atom is 0.0232 e. The van der Waals surface area contributed by atoms with Crippen molar-refractivity contribution < 1.29 is 0 Å². The summed E-state index contributed by atoms with van der Waals surface area (Å²) in [7, 11) is 2.25. The molecule has 0 radical (unpaired) electrons. The minimum Gasteiger partial charge on any atom is -0.330 e. The van der Waals surface area contributed by atoms with E-state index in [-0.39, 0.29) is 0 Å². The van der Waals surface area contributed by atoms with Crippen molar-refractivity contribution in [3.05, 3.63) is 0 Å². The number of rotatable bonds is 3. The van der Waals surface area contributed by atoms with Crippen LogP contribution in [0.15, 0.2) is 0 Å². The average molecular weight is 197 g/mol. The first-order valence-corrected chi connectivity index (χ1v) is 5.95. The van der Waals surface area contributed by atoms with Gasteiger partial charge in [-0.05, 0) is 52.4 Å². The molecule has 3 nitrogen and oxygen atoms in total. The molecular formula is C11H23N3. The average Bonchev–Trinajstić information content (AvgIpc) is 2.95. The van der Waals surface area contributed by atoms with Crippen molar-refractivity contribution in [2.45, 2.75) is 37.8 Å². The molecule has 0 spiro atoms. The summed E-state index contributed by atoms with van der Waals surface area (Å²) in [5.41, 5.74) is 5.66. The minimum absolute atomic E-state index is 0.697. The Hall–Kier alpha value is -0.120. The Kier molecular flexibility index (Phi) is 3.42. The lowest BCUT2D eigenvalue weighted by Crippen LogP contribution is -2.40. The second-order valence-corrected chi connectivity index (χ2v) is 4.79. The molecule has 2 fully saturated rings. The van der Waals surface area contributed by atoms with Gasteiger partial charge in [0.15, 0.2) is 0 Å². The highest BCUT2D eigenvalue weighted by molar-refractivity contribution is 4.89. The molecule has 0 amide bonds. The SMILES string of the molecule is CN1CCCN(C2CC2)CC1CCN. The van der Waals surface area contributed by atoms with Crippen LogP contribution in [0.3, 0.4) is 0 Å². The van der Waals surface area contributed by atoms with E-state index in [1.165, 1.54) is 38.9 Å². The van der Waals surface area contributed by atoms with Crippen LogP contribution in [0, 0.1) is 0 Å². The number of nitrogens with two attached hydrogens (primary N) is 1. The largest absolute Gasteiger partial charge is 0.330 e. The molecule has 0 aromatic carbocycles. The third-order valence-corrected chi connectivity index (χ3v) is 3.59. The summed E-state index contributed by atoms with van der Waals surface area (Å²) in [5.74, 6) is 0. The van der Waals surface area contributed by atoms with Crippen molar-refractivity contribution in [1.82, 2.24) is 9.80 Å². The van der Waals surface area contributed by atoms with E-state index in [4.69, 9.17) is 5.73 Å². The molecule has 1 aliphatic heterocycles. The molecule has 0 aromatic heterocycles. The first-order valence-electron chi connectivity index (χ1n) is 5.95. The van der Waals surface area contributed by atoms with E-state index in [0.29, 0.717) is 6.04 Å². The zero-order chi connectivity index (χ0) is 9.97. The lowest BCUT2D eigenvalue weighted by molar-refractivity contribution is 0.195. The fourth-order valence-electron chi connectivity index (χ4n) is 2.48. The van der Waals surface area contributed by atoms with E-state index < -0.39 is 0 Å². The van der Waals surface area contributed by atoms with E-state index in [1.54, 1.807) is 0 Å². The summed E-state index contributed by atoms with van der Waals surface area (Å²) in [6, 6.07) is 1.62. The lowest BCUT2D eigenvalue weighted by atomic mass is 10.2. The predicted molar refractivity (Wildman–Crippen MR) is 59.3 cm³/mol. The van der Waals surface area contributed by atoms with Gasteiger partial charge in [-0.3, -0.25) is 4.90 Å². The predicted octanol–water partition coefficient (Wildman–Crippen LogP) is 0.504. The second-order valence-electron chi connectivity index (χ2n) is 4.79. The number of likely N-dealkylation sites (N-methyl/N-ethyl adjacent to an activating group) is 1. The Balaban J connectivity index is 1.90. The molecule has 0 aromatic rings. The van der Waals surface area contributed by atoms with Crippen LogP contribution >= 0.6 is 0 Å². The highest BCUT2D eigenvalue weighted by atomic mass is 15.3. The molecule has 1 saturated heterocycles. The number of hydrogen-bond acceptors (Lipinski definition) is 3. The highest BCUT2D eigenvalue weighted by Crippen LogP contribution is 2.28. The highest BCUT2D eigenvalue weighted by Gasteiger charge is 2.32. The second kappa shape index (κ2) is 4.60.